The Balaban J connectivity index is 2.36. The van der Waals surface area contributed by atoms with Crippen LogP contribution in [-0.2, 0) is 4.74 Å². The van der Waals surface area contributed by atoms with Crippen LogP contribution in [0.1, 0.15) is 17.5 Å². The largest absolute Gasteiger partial charge is 0.460 e. The van der Waals surface area contributed by atoms with Crippen molar-refractivity contribution in [2.24, 2.45) is 0 Å². The maximum atomic E-state index is 11.6. The Morgan fingerprint density at radius 2 is 2.17 bits per heavy atom. The molecule has 1 aromatic carbocycles. The molecule has 0 aliphatic carbocycles. The number of esters is 1. The summed E-state index contributed by atoms with van der Waals surface area (Å²) in [6.45, 7) is 8.86. The lowest BCUT2D eigenvalue weighted by molar-refractivity contribution is 0.0491. The molecule has 0 amide bonds. The molecule has 0 radical (unpaired) electrons. The summed E-state index contributed by atoms with van der Waals surface area (Å²) in [5, 5.41) is 0. The van der Waals surface area contributed by atoms with Gasteiger partial charge in [0.25, 0.3) is 0 Å². The molecule has 5 heteroatoms. The Morgan fingerprint density at radius 1 is 1.44 bits per heavy atom. The smallest absolute Gasteiger partial charge is 0.376 e. The summed E-state index contributed by atoms with van der Waals surface area (Å²) in [6.07, 6.45) is 1.20. The van der Waals surface area contributed by atoms with Crippen molar-refractivity contribution in [2.45, 2.75) is 6.92 Å². The minimum absolute atomic E-state index is 0.0763. The van der Waals surface area contributed by atoms with Crippen LogP contribution < -0.4 is 0 Å². The number of aromatic nitrogens is 1. The molecule has 5 nitrogen and oxygen atoms in total. The first-order valence-corrected chi connectivity index (χ1v) is 5.34. The SMILES string of the molecule is [C-]#[N+]c1ccc(-c2ncoc2C(=O)OCC)cc1. The Hall–Kier alpha value is -2.61. The number of oxazole rings is 1. The van der Waals surface area contributed by atoms with Crippen molar-refractivity contribution in [3.05, 3.63) is 47.8 Å². The number of rotatable bonds is 3. The minimum atomic E-state index is -0.542. The van der Waals surface area contributed by atoms with Crippen LogP contribution in [0, 0.1) is 6.57 Å². The van der Waals surface area contributed by atoms with Crippen LogP contribution in [0.4, 0.5) is 5.69 Å². The maximum Gasteiger partial charge on any atom is 0.376 e. The van der Waals surface area contributed by atoms with Crippen LogP contribution in [-0.4, -0.2) is 17.6 Å². The molecule has 18 heavy (non-hydrogen) atoms. The van der Waals surface area contributed by atoms with E-state index in [9.17, 15) is 4.79 Å². The number of ether oxygens (including phenoxy) is 1. The summed E-state index contributed by atoms with van der Waals surface area (Å²) in [6, 6.07) is 6.75. The zero-order valence-electron chi connectivity index (χ0n) is 9.71. The molecule has 0 saturated carbocycles. The van der Waals surface area contributed by atoms with E-state index in [0.717, 1.165) is 0 Å². The number of hydrogen-bond donors (Lipinski definition) is 0. The van der Waals surface area contributed by atoms with Gasteiger partial charge in [-0.1, -0.05) is 24.3 Å². The van der Waals surface area contributed by atoms with Gasteiger partial charge in [0.2, 0.25) is 5.76 Å². The maximum absolute atomic E-state index is 11.6. The van der Waals surface area contributed by atoms with Gasteiger partial charge in [-0.05, 0) is 6.92 Å². The molecule has 0 atom stereocenters. The fraction of sp³-hybridized carbons (Fsp3) is 0.154. The molecule has 1 heterocycles. The van der Waals surface area contributed by atoms with Crippen molar-refractivity contribution in [2.75, 3.05) is 6.61 Å². The summed E-state index contributed by atoms with van der Waals surface area (Å²) in [5.41, 5.74) is 1.66. The average Bonchev–Trinajstić information content (AvgIpc) is 2.88. The average molecular weight is 242 g/mol. The number of nitrogens with zero attached hydrogens (tertiary/aromatic N) is 2. The van der Waals surface area contributed by atoms with Crippen LogP contribution in [0.2, 0.25) is 0 Å². The second-order valence-corrected chi connectivity index (χ2v) is 3.41. The van der Waals surface area contributed by atoms with E-state index in [1.165, 1.54) is 6.39 Å². The highest BCUT2D eigenvalue weighted by molar-refractivity contribution is 5.93. The Labute approximate surface area is 104 Å². The van der Waals surface area contributed by atoms with Crippen LogP contribution in [0.3, 0.4) is 0 Å². The fourth-order valence-corrected chi connectivity index (χ4v) is 1.49. The topological polar surface area (TPSA) is 56.7 Å². The zero-order valence-corrected chi connectivity index (χ0v) is 9.71. The van der Waals surface area contributed by atoms with E-state index in [4.69, 9.17) is 15.7 Å². The zero-order chi connectivity index (χ0) is 13.0. The lowest BCUT2D eigenvalue weighted by Crippen LogP contribution is -2.04. The predicted molar refractivity (Wildman–Crippen MR) is 64.2 cm³/mol. The Bertz CT molecular complexity index is 593. The highest BCUT2D eigenvalue weighted by Crippen LogP contribution is 2.25. The van der Waals surface area contributed by atoms with E-state index in [1.807, 2.05) is 0 Å². The van der Waals surface area contributed by atoms with Gasteiger partial charge in [-0.3, -0.25) is 0 Å². The van der Waals surface area contributed by atoms with Gasteiger partial charge < -0.3 is 9.15 Å². The highest BCUT2D eigenvalue weighted by Gasteiger charge is 2.19. The highest BCUT2D eigenvalue weighted by atomic mass is 16.5. The molecule has 2 aromatic rings. The predicted octanol–water partition coefficient (Wildman–Crippen LogP) is 3.07. The first kappa shape index (κ1) is 11.9. The standard InChI is InChI=1S/C13H10N2O3/c1-3-17-13(16)12-11(15-8-18-12)9-4-6-10(14-2)7-5-9/h4-8H,3H2,1H3. The third-order valence-electron chi connectivity index (χ3n) is 2.30. The van der Waals surface area contributed by atoms with Crippen LogP contribution >= 0.6 is 0 Å². The van der Waals surface area contributed by atoms with Gasteiger partial charge in [-0.25, -0.2) is 14.6 Å². The van der Waals surface area contributed by atoms with E-state index in [0.29, 0.717) is 16.9 Å². The monoisotopic (exact) mass is 242 g/mol. The van der Waals surface area contributed by atoms with Crippen molar-refractivity contribution in [3.63, 3.8) is 0 Å². The third-order valence-corrected chi connectivity index (χ3v) is 2.30. The molecule has 0 N–H and O–H groups in total. The molecule has 1 aromatic heterocycles. The minimum Gasteiger partial charge on any atom is -0.460 e. The van der Waals surface area contributed by atoms with Gasteiger partial charge in [-0.2, -0.15) is 0 Å². The van der Waals surface area contributed by atoms with Crippen LogP contribution in [0.25, 0.3) is 16.1 Å². The first-order chi connectivity index (χ1) is 8.76. The molecular weight excluding hydrogens is 232 g/mol. The van der Waals surface area contributed by atoms with Gasteiger partial charge >= 0.3 is 5.97 Å². The van der Waals surface area contributed by atoms with Gasteiger partial charge in [-0.15, -0.1) is 0 Å². The molecule has 0 saturated heterocycles. The lowest BCUT2D eigenvalue weighted by atomic mass is 10.1. The van der Waals surface area contributed by atoms with Crippen LogP contribution in [0.5, 0.6) is 0 Å². The fourth-order valence-electron chi connectivity index (χ4n) is 1.49. The van der Waals surface area contributed by atoms with E-state index < -0.39 is 5.97 Å². The third kappa shape index (κ3) is 2.23. The van der Waals surface area contributed by atoms with E-state index >= 15 is 0 Å². The van der Waals surface area contributed by atoms with E-state index in [-0.39, 0.29) is 12.4 Å². The molecule has 0 spiro atoms. The van der Waals surface area contributed by atoms with Crippen molar-refractivity contribution in [1.29, 1.82) is 0 Å². The summed E-state index contributed by atoms with van der Waals surface area (Å²) < 4.78 is 9.92. The second kappa shape index (κ2) is 5.15. The normalized spacial score (nSPS) is 9.78. The molecule has 0 aliphatic heterocycles. The second-order valence-electron chi connectivity index (χ2n) is 3.41. The van der Waals surface area contributed by atoms with Crippen molar-refractivity contribution >= 4 is 11.7 Å². The molecule has 90 valence electrons. The summed E-state index contributed by atoms with van der Waals surface area (Å²) in [4.78, 5) is 18.9. The van der Waals surface area contributed by atoms with Gasteiger partial charge in [0.1, 0.15) is 5.69 Å². The summed E-state index contributed by atoms with van der Waals surface area (Å²) in [5.74, 6) is -0.466. The quantitative estimate of drug-likeness (QED) is 0.613. The van der Waals surface area contributed by atoms with Crippen molar-refractivity contribution in [3.8, 4) is 11.3 Å². The number of carbonyl (C=O) groups excluding carboxylic acids is 1. The van der Waals surface area contributed by atoms with E-state index in [2.05, 4.69) is 9.83 Å². The van der Waals surface area contributed by atoms with Crippen molar-refractivity contribution < 1.29 is 13.9 Å². The van der Waals surface area contributed by atoms with Gasteiger partial charge in [0.15, 0.2) is 12.1 Å². The first-order valence-electron chi connectivity index (χ1n) is 5.34. The van der Waals surface area contributed by atoms with Crippen LogP contribution in [0.15, 0.2) is 35.1 Å². The van der Waals surface area contributed by atoms with Crippen molar-refractivity contribution in [1.82, 2.24) is 4.98 Å². The van der Waals surface area contributed by atoms with Gasteiger partial charge in [0, 0.05) is 5.56 Å². The Kier molecular flexibility index (Phi) is 3.39. The number of carbonyl (C=O) groups is 1. The molecule has 0 bridgehead atoms. The van der Waals surface area contributed by atoms with Gasteiger partial charge in [0.05, 0.1) is 13.2 Å². The lowest BCUT2D eigenvalue weighted by Gasteiger charge is -2.01. The molecule has 2 rings (SSSR count). The molecule has 0 unspecified atom stereocenters. The molecular formula is C13H10N2O3. The van der Waals surface area contributed by atoms with E-state index in [1.54, 1.807) is 31.2 Å². The molecule has 0 aliphatic rings. The summed E-state index contributed by atoms with van der Waals surface area (Å²) >= 11 is 0. The molecule has 0 fully saturated rings. The number of benzene rings is 1. The summed E-state index contributed by atoms with van der Waals surface area (Å²) in [7, 11) is 0. The number of hydrogen-bond acceptors (Lipinski definition) is 4. The Morgan fingerprint density at radius 3 is 2.78 bits per heavy atom.